The molecular weight excluding hydrogens is 262 g/mol. The Hall–Kier alpha value is -0.610. The Morgan fingerprint density at radius 3 is 2.24 bits per heavy atom. The van der Waals surface area contributed by atoms with Gasteiger partial charge in [0.15, 0.2) is 0 Å². The monoisotopic (exact) mass is 293 g/mol. The van der Waals surface area contributed by atoms with E-state index in [1.165, 1.54) is 19.3 Å². The molecule has 0 aromatic rings. The normalized spacial score (nSPS) is 36.7. The minimum absolute atomic E-state index is 0.133. The summed E-state index contributed by atoms with van der Waals surface area (Å²) in [6.45, 7) is 8.56. The summed E-state index contributed by atoms with van der Waals surface area (Å²) in [6.07, 6.45) is 5.94. The first-order valence-electron chi connectivity index (χ1n) is 8.94. The van der Waals surface area contributed by atoms with E-state index in [0.29, 0.717) is 23.8 Å². The molecule has 1 saturated heterocycles. The second-order valence-corrected chi connectivity index (χ2v) is 7.21. The smallest absolute Gasteiger partial charge is 0.227 e. The molecule has 120 valence electrons. The number of nitrogens with zero attached hydrogens (tertiary/aromatic N) is 2. The number of carbonyl (C=O) groups is 1. The largest absolute Gasteiger partial charge is 0.342 e. The molecule has 1 amide bonds. The summed E-state index contributed by atoms with van der Waals surface area (Å²) in [7, 11) is 0. The van der Waals surface area contributed by atoms with Crippen LogP contribution in [0.1, 0.15) is 46.0 Å². The van der Waals surface area contributed by atoms with Crippen molar-refractivity contribution in [1.29, 1.82) is 0 Å². The van der Waals surface area contributed by atoms with Gasteiger partial charge in [0.05, 0.1) is 5.92 Å². The standard InChI is InChI=1S/C17H31N3O/c1-3-19(4-2)14-7-9-20(10-8-14)17(21)15-12-5-6-13(11-12)16(15)18/h12-16H,3-11,18H2,1-2H3. The molecule has 0 aromatic carbocycles. The van der Waals surface area contributed by atoms with Gasteiger partial charge in [0.25, 0.3) is 0 Å². The minimum Gasteiger partial charge on any atom is -0.342 e. The first-order chi connectivity index (χ1) is 10.2. The summed E-state index contributed by atoms with van der Waals surface area (Å²) in [4.78, 5) is 17.5. The second-order valence-electron chi connectivity index (χ2n) is 7.21. The maximum atomic E-state index is 12.8. The summed E-state index contributed by atoms with van der Waals surface area (Å²) < 4.78 is 0. The lowest BCUT2D eigenvalue weighted by Gasteiger charge is -2.40. The van der Waals surface area contributed by atoms with E-state index in [9.17, 15) is 4.79 Å². The van der Waals surface area contributed by atoms with Crippen LogP contribution >= 0.6 is 0 Å². The van der Waals surface area contributed by atoms with E-state index in [-0.39, 0.29) is 12.0 Å². The molecule has 3 fully saturated rings. The summed E-state index contributed by atoms with van der Waals surface area (Å²) in [6, 6.07) is 0.800. The molecule has 4 atom stereocenters. The van der Waals surface area contributed by atoms with Crippen molar-refractivity contribution in [3.8, 4) is 0 Å². The van der Waals surface area contributed by atoms with E-state index in [1.807, 2.05) is 0 Å². The Morgan fingerprint density at radius 1 is 1.10 bits per heavy atom. The zero-order chi connectivity index (χ0) is 15.0. The highest BCUT2D eigenvalue weighted by atomic mass is 16.2. The van der Waals surface area contributed by atoms with Gasteiger partial charge in [-0.2, -0.15) is 0 Å². The van der Waals surface area contributed by atoms with E-state index in [4.69, 9.17) is 5.73 Å². The SMILES string of the molecule is CCN(CC)C1CCN(C(=O)C2C3CCC(C3)C2N)CC1. The van der Waals surface area contributed by atoms with Crippen molar-refractivity contribution < 1.29 is 4.79 Å². The van der Waals surface area contributed by atoms with Crippen molar-refractivity contribution >= 4 is 5.91 Å². The van der Waals surface area contributed by atoms with Gasteiger partial charge >= 0.3 is 0 Å². The quantitative estimate of drug-likeness (QED) is 0.858. The number of likely N-dealkylation sites (tertiary alicyclic amines) is 1. The number of nitrogens with two attached hydrogens (primary N) is 1. The molecule has 3 aliphatic rings. The maximum Gasteiger partial charge on any atom is 0.227 e. The number of hydrogen-bond donors (Lipinski definition) is 1. The first kappa shape index (κ1) is 15.3. The van der Waals surface area contributed by atoms with Crippen molar-refractivity contribution in [3.63, 3.8) is 0 Å². The summed E-state index contributed by atoms with van der Waals surface area (Å²) in [5, 5.41) is 0. The van der Waals surface area contributed by atoms with Crippen LogP contribution in [0, 0.1) is 17.8 Å². The van der Waals surface area contributed by atoms with Crippen molar-refractivity contribution in [2.24, 2.45) is 23.5 Å². The fraction of sp³-hybridized carbons (Fsp3) is 0.941. The highest BCUT2D eigenvalue weighted by molar-refractivity contribution is 5.80. The number of rotatable bonds is 4. The zero-order valence-electron chi connectivity index (χ0n) is 13.6. The Bertz CT molecular complexity index is 372. The molecule has 4 heteroatoms. The average molecular weight is 293 g/mol. The molecule has 2 aliphatic carbocycles. The molecule has 3 rings (SSSR count). The van der Waals surface area contributed by atoms with Crippen LogP contribution in [0.15, 0.2) is 0 Å². The topological polar surface area (TPSA) is 49.6 Å². The first-order valence-corrected chi connectivity index (χ1v) is 8.94. The van der Waals surface area contributed by atoms with Gasteiger partial charge in [-0.25, -0.2) is 0 Å². The third-order valence-electron chi connectivity index (χ3n) is 6.37. The van der Waals surface area contributed by atoms with Gasteiger partial charge in [0.1, 0.15) is 0 Å². The number of amides is 1. The zero-order valence-corrected chi connectivity index (χ0v) is 13.6. The van der Waals surface area contributed by atoms with Gasteiger partial charge in [-0.15, -0.1) is 0 Å². The number of piperidine rings is 1. The van der Waals surface area contributed by atoms with Crippen molar-refractivity contribution in [2.75, 3.05) is 26.2 Å². The van der Waals surface area contributed by atoms with Crippen LogP contribution < -0.4 is 5.73 Å². The number of fused-ring (bicyclic) bond motifs is 2. The van der Waals surface area contributed by atoms with E-state index >= 15 is 0 Å². The third kappa shape index (κ3) is 2.72. The molecule has 2 bridgehead atoms. The fourth-order valence-corrected chi connectivity index (χ4v) is 5.10. The lowest BCUT2D eigenvalue weighted by atomic mass is 9.83. The lowest BCUT2D eigenvalue weighted by molar-refractivity contribution is -0.139. The molecule has 4 nitrogen and oxygen atoms in total. The van der Waals surface area contributed by atoms with Gasteiger partial charge < -0.3 is 15.5 Å². The van der Waals surface area contributed by atoms with E-state index in [2.05, 4.69) is 23.6 Å². The average Bonchev–Trinajstić information content (AvgIpc) is 3.09. The van der Waals surface area contributed by atoms with Gasteiger partial charge in [-0.1, -0.05) is 13.8 Å². The van der Waals surface area contributed by atoms with Crippen LogP contribution in [0.4, 0.5) is 0 Å². The van der Waals surface area contributed by atoms with Crippen molar-refractivity contribution in [2.45, 2.75) is 58.0 Å². The molecule has 21 heavy (non-hydrogen) atoms. The van der Waals surface area contributed by atoms with Gasteiger partial charge in [0.2, 0.25) is 5.91 Å². The Morgan fingerprint density at radius 2 is 1.71 bits per heavy atom. The van der Waals surface area contributed by atoms with Gasteiger partial charge in [-0.3, -0.25) is 4.79 Å². The van der Waals surface area contributed by atoms with E-state index < -0.39 is 0 Å². The fourth-order valence-electron chi connectivity index (χ4n) is 5.10. The van der Waals surface area contributed by atoms with Crippen LogP contribution in [-0.4, -0.2) is 54.0 Å². The number of carbonyl (C=O) groups excluding carboxylic acids is 1. The lowest BCUT2D eigenvalue weighted by Crippen LogP contribution is -2.52. The van der Waals surface area contributed by atoms with Gasteiger partial charge in [-0.05, 0) is 57.0 Å². The van der Waals surface area contributed by atoms with Crippen LogP contribution in [0.25, 0.3) is 0 Å². The molecule has 0 aromatic heterocycles. The van der Waals surface area contributed by atoms with E-state index in [0.717, 1.165) is 39.0 Å². The highest BCUT2D eigenvalue weighted by Gasteiger charge is 2.50. The molecule has 2 N–H and O–H groups in total. The van der Waals surface area contributed by atoms with Gasteiger partial charge in [0, 0.05) is 25.2 Å². The maximum absolute atomic E-state index is 12.8. The predicted octanol–water partition coefficient (Wildman–Crippen LogP) is 1.69. The second kappa shape index (κ2) is 6.25. The Balaban J connectivity index is 1.56. The van der Waals surface area contributed by atoms with Crippen LogP contribution in [0.2, 0.25) is 0 Å². The molecule has 2 saturated carbocycles. The third-order valence-corrected chi connectivity index (χ3v) is 6.37. The van der Waals surface area contributed by atoms with Crippen molar-refractivity contribution in [1.82, 2.24) is 9.80 Å². The van der Waals surface area contributed by atoms with Crippen LogP contribution in [0.3, 0.4) is 0 Å². The van der Waals surface area contributed by atoms with Crippen LogP contribution in [0.5, 0.6) is 0 Å². The van der Waals surface area contributed by atoms with Crippen LogP contribution in [-0.2, 0) is 4.79 Å². The predicted molar refractivity (Wildman–Crippen MR) is 84.8 cm³/mol. The number of hydrogen-bond acceptors (Lipinski definition) is 3. The van der Waals surface area contributed by atoms with Crippen molar-refractivity contribution in [3.05, 3.63) is 0 Å². The minimum atomic E-state index is 0.133. The Kier molecular flexibility index (Phi) is 4.55. The molecular formula is C17H31N3O. The summed E-state index contributed by atoms with van der Waals surface area (Å²) >= 11 is 0. The summed E-state index contributed by atoms with van der Waals surface area (Å²) in [5.74, 6) is 1.71. The molecule has 1 heterocycles. The molecule has 4 unspecified atom stereocenters. The highest BCUT2D eigenvalue weighted by Crippen LogP contribution is 2.48. The molecule has 0 spiro atoms. The molecule has 0 radical (unpaired) electrons. The molecule has 1 aliphatic heterocycles. The Labute approximate surface area is 129 Å². The summed E-state index contributed by atoms with van der Waals surface area (Å²) in [5.41, 5.74) is 6.33. The van der Waals surface area contributed by atoms with E-state index in [1.54, 1.807) is 0 Å².